The zero-order chi connectivity index (χ0) is 10.8. The number of rotatable bonds is 3. The maximum absolute atomic E-state index is 13.1. The number of benzene rings is 1. The van der Waals surface area contributed by atoms with E-state index in [1.54, 1.807) is 12.1 Å². The van der Waals surface area contributed by atoms with Crippen molar-refractivity contribution < 1.29 is 9.18 Å². The molecule has 0 unspecified atom stereocenters. The summed E-state index contributed by atoms with van der Waals surface area (Å²) in [7, 11) is 0. The van der Waals surface area contributed by atoms with Crippen LogP contribution < -0.4 is 5.32 Å². The fourth-order valence-corrected chi connectivity index (χ4v) is 1.55. The van der Waals surface area contributed by atoms with E-state index < -0.39 is 5.82 Å². The summed E-state index contributed by atoms with van der Waals surface area (Å²) in [5.41, 5.74) is 0.372. The number of hydrogen-bond donors (Lipinski definition) is 1. The quantitative estimate of drug-likeness (QED) is 0.900. The normalized spacial score (nSPS) is 15.1. The van der Waals surface area contributed by atoms with Gasteiger partial charge in [-0.25, -0.2) is 4.39 Å². The van der Waals surface area contributed by atoms with Gasteiger partial charge in [0, 0.05) is 12.1 Å². The van der Waals surface area contributed by atoms with Gasteiger partial charge >= 0.3 is 0 Å². The molecule has 0 saturated heterocycles. The van der Waals surface area contributed by atoms with Crippen LogP contribution in [-0.4, -0.2) is 12.5 Å². The highest BCUT2D eigenvalue weighted by Gasteiger charge is 2.21. The lowest BCUT2D eigenvalue weighted by Gasteiger charge is -2.04. The summed E-state index contributed by atoms with van der Waals surface area (Å²) in [6.45, 7) is 0.705. The third kappa shape index (κ3) is 2.78. The van der Waals surface area contributed by atoms with Gasteiger partial charge in [0.05, 0.1) is 4.47 Å². The molecule has 0 spiro atoms. The monoisotopic (exact) mass is 271 g/mol. The molecule has 0 radical (unpaired) electrons. The van der Waals surface area contributed by atoms with Crippen molar-refractivity contribution in [3.8, 4) is 0 Å². The minimum absolute atomic E-state index is 0.201. The van der Waals surface area contributed by atoms with Gasteiger partial charge in [-0.2, -0.15) is 0 Å². The fourth-order valence-electron chi connectivity index (χ4n) is 1.30. The van der Waals surface area contributed by atoms with Crippen LogP contribution in [0, 0.1) is 11.7 Å². The lowest BCUT2D eigenvalue weighted by atomic mass is 10.2. The van der Waals surface area contributed by atoms with Gasteiger partial charge < -0.3 is 5.32 Å². The standard InChI is InChI=1S/C11H11BrFNO/c12-9-4-3-8(5-10(9)13)11(15)14-6-7-1-2-7/h3-5,7H,1-2,6H2,(H,14,15). The molecule has 0 aliphatic heterocycles. The van der Waals surface area contributed by atoms with E-state index in [1.807, 2.05) is 0 Å². The van der Waals surface area contributed by atoms with Gasteiger partial charge in [0.25, 0.3) is 5.91 Å². The number of amides is 1. The van der Waals surface area contributed by atoms with Crippen molar-refractivity contribution in [3.05, 3.63) is 34.1 Å². The first-order chi connectivity index (χ1) is 7.16. The van der Waals surface area contributed by atoms with Gasteiger partial charge in [-0.05, 0) is 52.9 Å². The Morgan fingerprint density at radius 3 is 2.87 bits per heavy atom. The Hall–Kier alpha value is -0.900. The predicted molar refractivity (Wildman–Crippen MR) is 59.2 cm³/mol. The molecule has 15 heavy (non-hydrogen) atoms. The molecule has 1 amide bonds. The summed E-state index contributed by atoms with van der Waals surface area (Å²) in [5.74, 6) is 0.0246. The van der Waals surface area contributed by atoms with Crippen LogP contribution in [0.25, 0.3) is 0 Å². The number of hydrogen-bond acceptors (Lipinski definition) is 1. The van der Waals surface area contributed by atoms with Crippen molar-refractivity contribution in [1.29, 1.82) is 0 Å². The molecule has 80 valence electrons. The smallest absolute Gasteiger partial charge is 0.251 e. The van der Waals surface area contributed by atoms with Crippen LogP contribution >= 0.6 is 15.9 Å². The van der Waals surface area contributed by atoms with E-state index in [2.05, 4.69) is 21.2 Å². The van der Waals surface area contributed by atoms with Crippen molar-refractivity contribution in [2.24, 2.45) is 5.92 Å². The average Bonchev–Trinajstić information content (AvgIpc) is 3.02. The maximum Gasteiger partial charge on any atom is 0.251 e. The molecule has 0 heterocycles. The molecule has 1 fully saturated rings. The number of halogens is 2. The molecular weight excluding hydrogens is 261 g/mol. The van der Waals surface area contributed by atoms with E-state index in [9.17, 15) is 9.18 Å². The number of carbonyl (C=O) groups is 1. The topological polar surface area (TPSA) is 29.1 Å². The summed E-state index contributed by atoms with van der Waals surface area (Å²) in [6, 6.07) is 4.39. The average molecular weight is 272 g/mol. The Morgan fingerprint density at radius 2 is 2.27 bits per heavy atom. The molecule has 0 atom stereocenters. The zero-order valence-electron chi connectivity index (χ0n) is 8.09. The molecule has 4 heteroatoms. The van der Waals surface area contributed by atoms with Gasteiger partial charge in [0.2, 0.25) is 0 Å². The summed E-state index contributed by atoms with van der Waals surface area (Å²) in [5, 5.41) is 2.79. The third-order valence-corrected chi connectivity index (χ3v) is 3.07. The van der Waals surface area contributed by atoms with Crippen molar-refractivity contribution >= 4 is 21.8 Å². The Morgan fingerprint density at radius 1 is 1.53 bits per heavy atom. The number of carbonyl (C=O) groups excluding carboxylic acids is 1. The first-order valence-corrected chi connectivity index (χ1v) is 5.69. The molecule has 1 aliphatic rings. The van der Waals surface area contributed by atoms with Crippen LogP contribution in [0.2, 0.25) is 0 Å². The van der Waals surface area contributed by atoms with Crippen LogP contribution in [0.1, 0.15) is 23.2 Å². The molecule has 1 N–H and O–H groups in total. The third-order valence-electron chi connectivity index (χ3n) is 2.43. The summed E-state index contributed by atoms with van der Waals surface area (Å²) in [6.07, 6.45) is 2.38. The highest BCUT2D eigenvalue weighted by Crippen LogP contribution is 2.27. The zero-order valence-corrected chi connectivity index (χ0v) is 9.68. The summed E-state index contributed by atoms with van der Waals surface area (Å²) >= 11 is 3.04. The van der Waals surface area contributed by atoms with E-state index in [0.717, 1.165) is 0 Å². The van der Waals surface area contributed by atoms with Gasteiger partial charge in [0.15, 0.2) is 0 Å². The van der Waals surface area contributed by atoms with E-state index >= 15 is 0 Å². The highest BCUT2D eigenvalue weighted by atomic mass is 79.9. The first kappa shape index (κ1) is 10.6. The summed E-state index contributed by atoms with van der Waals surface area (Å²) < 4.78 is 13.5. The molecule has 2 rings (SSSR count). The Labute approximate surface area is 96.0 Å². The van der Waals surface area contributed by atoms with Gasteiger partial charge in [-0.15, -0.1) is 0 Å². The largest absolute Gasteiger partial charge is 0.352 e. The SMILES string of the molecule is O=C(NCC1CC1)c1ccc(Br)c(F)c1. The van der Waals surface area contributed by atoms with Crippen LogP contribution in [0.4, 0.5) is 4.39 Å². The molecular formula is C11H11BrFNO. The van der Waals surface area contributed by atoms with Crippen LogP contribution in [-0.2, 0) is 0 Å². The molecule has 1 aliphatic carbocycles. The van der Waals surface area contributed by atoms with Gasteiger partial charge in [-0.1, -0.05) is 0 Å². The lowest BCUT2D eigenvalue weighted by Crippen LogP contribution is -2.25. The van der Waals surface area contributed by atoms with E-state index in [4.69, 9.17) is 0 Å². The van der Waals surface area contributed by atoms with Gasteiger partial charge in [0.1, 0.15) is 5.82 Å². The van der Waals surface area contributed by atoms with E-state index in [-0.39, 0.29) is 5.91 Å². The van der Waals surface area contributed by atoms with E-state index in [1.165, 1.54) is 18.9 Å². The predicted octanol–water partition coefficient (Wildman–Crippen LogP) is 2.73. The molecule has 1 saturated carbocycles. The van der Waals surface area contributed by atoms with Crippen molar-refractivity contribution in [3.63, 3.8) is 0 Å². The Bertz CT molecular complexity index is 390. The highest BCUT2D eigenvalue weighted by molar-refractivity contribution is 9.10. The lowest BCUT2D eigenvalue weighted by molar-refractivity contribution is 0.0951. The minimum atomic E-state index is -0.408. The van der Waals surface area contributed by atoms with Gasteiger partial charge in [-0.3, -0.25) is 4.79 Å². The van der Waals surface area contributed by atoms with Crippen LogP contribution in [0.5, 0.6) is 0 Å². The Balaban J connectivity index is 2.00. The molecule has 0 aromatic heterocycles. The second-order valence-corrected chi connectivity index (χ2v) is 4.64. The van der Waals surface area contributed by atoms with Crippen molar-refractivity contribution in [1.82, 2.24) is 5.32 Å². The maximum atomic E-state index is 13.1. The second-order valence-electron chi connectivity index (χ2n) is 3.78. The van der Waals surface area contributed by atoms with Crippen LogP contribution in [0.15, 0.2) is 22.7 Å². The van der Waals surface area contributed by atoms with Crippen molar-refractivity contribution in [2.45, 2.75) is 12.8 Å². The second kappa shape index (κ2) is 4.31. The molecule has 1 aromatic rings. The molecule has 0 bridgehead atoms. The first-order valence-electron chi connectivity index (χ1n) is 4.90. The number of nitrogens with one attached hydrogen (secondary N) is 1. The van der Waals surface area contributed by atoms with E-state index in [0.29, 0.717) is 22.5 Å². The summed E-state index contributed by atoms with van der Waals surface area (Å²) in [4.78, 5) is 11.5. The minimum Gasteiger partial charge on any atom is -0.352 e. The van der Waals surface area contributed by atoms with Crippen molar-refractivity contribution in [2.75, 3.05) is 6.54 Å². The van der Waals surface area contributed by atoms with Crippen LogP contribution in [0.3, 0.4) is 0 Å². The Kier molecular flexibility index (Phi) is 3.05. The molecule has 1 aromatic carbocycles. The molecule has 2 nitrogen and oxygen atoms in total. The fraction of sp³-hybridized carbons (Fsp3) is 0.364.